The van der Waals surface area contributed by atoms with E-state index in [-0.39, 0.29) is 18.6 Å². The maximum absolute atomic E-state index is 12.3. The number of para-hydroxylation sites is 1. The van der Waals surface area contributed by atoms with Crippen molar-refractivity contribution >= 4 is 22.4 Å². The van der Waals surface area contributed by atoms with E-state index < -0.39 is 0 Å². The lowest BCUT2D eigenvalue weighted by atomic mass is 10.2. The van der Waals surface area contributed by atoms with Gasteiger partial charge in [-0.2, -0.15) is 0 Å². The van der Waals surface area contributed by atoms with Crippen LogP contribution in [0.2, 0.25) is 0 Å². The van der Waals surface area contributed by atoms with Crippen molar-refractivity contribution in [1.82, 2.24) is 4.98 Å². The molecule has 0 aliphatic rings. The van der Waals surface area contributed by atoms with E-state index in [4.69, 9.17) is 9.84 Å². The molecule has 2 rings (SSSR count). The Hall–Kier alpha value is -1.92. The standard InChI is InChI=1S/C15H18N2O3S/c1-10(2)20-13-6-4-3-5-12(13)14(19)17-15-16-9-11(21-15)7-8-18/h3-6,9-10,18H,7-8H2,1-2H3,(H,16,17,19). The van der Waals surface area contributed by atoms with Crippen LogP contribution >= 0.6 is 11.3 Å². The quantitative estimate of drug-likeness (QED) is 0.861. The maximum Gasteiger partial charge on any atom is 0.261 e. The largest absolute Gasteiger partial charge is 0.490 e. The van der Waals surface area contributed by atoms with Gasteiger partial charge in [-0.15, -0.1) is 11.3 Å². The van der Waals surface area contributed by atoms with E-state index >= 15 is 0 Å². The van der Waals surface area contributed by atoms with Crippen LogP contribution < -0.4 is 10.1 Å². The number of hydrogen-bond acceptors (Lipinski definition) is 5. The molecule has 0 bridgehead atoms. The third-order valence-corrected chi connectivity index (χ3v) is 3.60. The van der Waals surface area contributed by atoms with E-state index in [1.165, 1.54) is 11.3 Å². The van der Waals surface area contributed by atoms with Crippen LogP contribution in [-0.4, -0.2) is 28.7 Å². The highest BCUT2D eigenvalue weighted by Gasteiger charge is 2.14. The molecule has 2 N–H and O–H groups in total. The van der Waals surface area contributed by atoms with Gasteiger partial charge in [-0.05, 0) is 26.0 Å². The number of aliphatic hydroxyl groups excluding tert-OH is 1. The van der Waals surface area contributed by atoms with Gasteiger partial charge in [0, 0.05) is 24.1 Å². The molecule has 0 saturated heterocycles. The number of nitrogens with zero attached hydrogens (tertiary/aromatic N) is 1. The topological polar surface area (TPSA) is 71.5 Å². The van der Waals surface area contributed by atoms with Gasteiger partial charge in [0.1, 0.15) is 5.75 Å². The fraction of sp³-hybridized carbons (Fsp3) is 0.333. The van der Waals surface area contributed by atoms with Gasteiger partial charge < -0.3 is 9.84 Å². The Labute approximate surface area is 127 Å². The molecule has 1 aromatic heterocycles. The van der Waals surface area contributed by atoms with Gasteiger partial charge in [0.2, 0.25) is 0 Å². The SMILES string of the molecule is CC(C)Oc1ccccc1C(=O)Nc1ncc(CCO)s1. The zero-order valence-electron chi connectivity index (χ0n) is 12.0. The Morgan fingerprint density at radius 1 is 1.43 bits per heavy atom. The van der Waals surface area contributed by atoms with Crippen LogP contribution in [0, 0.1) is 0 Å². The average Bonchev–Trinajstić information content (AvgIpc) is 2.86. The molecule has 6 heteroatoms. The monoisotopic (exact) mass is 306 g/mol. The van der Waals surface area contributed by atoms with Crippen LogP contribution in [-0.2, 0) is 6.42 Å². The molecule has 1 heterocycles. The molecular weight excluding hydrogens is 288 g/mol. The second kappa shape index (κ2) is 7.19. The minimum Gasteiger partial charge on any atom is -0.490 e. The summed E-state index contributed by atoms with van der Waals surface area (Å²) in [4.78, 5) is 17.4. The van der Waals surface area contributed by atoms with E-state index in [1.54, 1.807) is 24.4 Å². The molecule has 1 aromatic carbocycles. The van der Waals surface area contributed by atoms with Crippen molar-refractivity contribution in [3.05, 3.63) is 40.9 Å². The zero-order valence-corrected chi connectivity index (χ0v) is 12.8. The van der Waals surface area contributed by atoms with Gasteiger partial charge in [-0.3, -0.25) is 10.1 Å². The summed E-state index contributed by atoms with van der Waals surface area (Å²) in [5, 5.41) is 12.2. The van der Waals surface area contributed by atoms with E-state index in [0.717, 1.165) is 4.88 Å². The van der Waals surface area contributed by atoms with E-state index in [9.17, 15) is 4.79 Å². The summed E-state index contributed by atoms with van der Waals surface area (Å²) < 4.78 is 5.64. The smallest absolute Gasteiger partial charge is 0.261 e. The van der Waals surface area contributed by atoms with Crippen LogP contribution in [0.25, 0.3) is 0 Å². The number of anilines is 1. The average molecular weight is 306 g/mol. The Balaban J connectivity index is 2.12. The van der Waals surface area contributed by atoms with Crippen LogP contribution in [0.4, 0.5) is 5.13 Å². The number of aliphatic hydroxyl groups is 1. The lowest BCUT2D eigenvalue weighted by Crippen LogP contribution is -2.15. The summed E-state index contributed by atoms with van der Waals surface area (Å²) in [6, 6.07) is 7.11. The molecule has 0 saturated carbocycles. The zero-order chi connectivity index (χ0) is 15.2. The Kier molecular flexibility index (Phi) is 5.30. The Morgan fingerprint density at radius 2 is 2.19 bits per heavy atom. The Morgan fingerprint density at radius 3 is 2.90 bits per heavy atom. The van der Waals surface area contributed by atoms with Crippen molar-refractivity contribution < 1.29 is 14.6 Å². The molecule has 0 spiro atoms. The lowest BCUT2D eigenvalue weighted by Gasteiger charge is -2.13. The molecule has 1 amide bonds. The predicted molar refractivity (Wildman–Crippen MR) is 83.1 cm³/mol. The second-order valence-corrected chi connectivity index (χ2v) is 5.84. The molecule has 2 aromatic rings. The molecule has 21 heavy (non-hydrogen) atoms. The number of carbonyl (C=O) groups excluding carboxylic acids is 1. The second-order valence-electron chi connectivity index (χ2n) is 4.72. The number of thiazole rings is 1. The minimum atomic E-state index is -0.254. The highest BCUT2D eigenvalue weighted by atomic mass is 32.1. The molecule has 5 nitrogen and oxygen atoms in total. The summed E-state index contributed by atoms with van der Waals surface area (Å²) in [7, 11) is 0. The van der Waals surface area contributed by atoms with Crippen molar-refractivity contribution in [3.63, 3.8) is 0 Å². The molecule has 0 unspecified atom stereocenters. The molecule has 0 aliphatic carbocycles. The number of rotatable bonds is 6. The highest BCUT2D eigenvalue weighted by molar-refractivity contribution is 7.15. The van der Waals surface area contributed by atoms with Gasteiger partial charge in [-0.1, -0.05) is 12.1 Å². The van der Waals surface area contributed by atoms with Gasteiger partial charge in [0.05, 0.1) is 11.7 Å². The minimum absolute atomic E-state index is 0.00466. The van der Waals surface area contributed by atoms with Crippen LogP contribution in [0.15, 0.2) is 30.5 Å². The molecule has 0 aliphatic heterocycles. The number of aromatic nitrogens is 1. The summed E-state index contributed by atoms with van der Waals surface area (Å²) in [6.07, 6.45) is 2.20. The molecule has 0 fully saturated rings. The van der Waals surface area contributed by atoms with Crippen molar-refractivity contribution in [2.45, 2.75) is 26.4 Å². The Bertz CT molecular complexity index is 610. The van der Waals surface area contributed by atoms with E-state index in [1.807, 2.05) is 19.9 Å². The number of nitrogens with one attached hydrogen (secondary N) is 1. The van der Waals surface area contributed by atoms with Crippen molar-refractivity contribution in [2.75, 3.05) is 11.9 Å². The summed E-state index contributed by atoms with van der Waals surface area (Å²) >= 11 is 1.36. The van der Waals surface area contributed by atoms with Crippen LogP contribution in [0.3, 0.4) is 0 Å². The van der Waals surface area contributed by atoms with Crippen molar-refractivity contribution in [3.8, 4) is 5.75 Å². The third kappa shape index (κ3) is 4.27. The third-order valence-electron chi connectivity index (χ3n) is 2.63. The first-order valence-corrected chi connectivity index (χ1v) is 7.54. The van der Waals surface area contributed by atoms with Gasteiger partial charge in [0.15, 0.2) is 5.13 Å². The van der Waals surface area contributed by atoms with Crippen LogP contribution in [0.5, 0.6) is 5.75 Å². The number of hydrogen-bond donors (Lipinski definition) is 2. The number of amides is 1. The summed E-state index contributed by atoms with van der Waals surface area (Å²) in [5.74, 6) is 0.299. The van der Waals surface area contributed by atoms with Gasteiger partial charge >= 0.3 is 0 Å². The van der Waals surface area contributed by atoms with E-state index in [0.29, 0.717) is 22.9 Å². The molecular formula is C15H18N2O3S. The van der Waals surface area contributed by atoms with Crippen molar-refractivity contribution in [1.29, 1.82) is 0 Å². The molecule has 112 valence electrons. The maximum atomic E-state index is 12.3. The molecule has 0 atom stereocenters. The number of ether oxygens (including phenoxy) is 1. The highest BCUT2D eigenvalue weighted by Crippen LogP contribution is 2.23. The number of benzene rings is 1. The summed E-state index contributed by atoms with van der Waals surface area (Å²) in [6.45, 7) is 3.90. The van der Waals surface area contributed by atoms with E-state index in [2.05, 4.69) is 10.3 Å². The number of carbonyl (C=O) groups is 1. The normalized spacial score (nSPS) is 10.7. The fourth-order valence-corrected chi connectivity index (χ4v) is 2.56. The first-order valence-electron chi connectivity index (χ1n) is 6.72. The van der Waals surface area contributed by atoms with Crippen molar-refractivity contribution in [2.24, 2.45) is 0 Å². The van der Waals surface area contributed by atoms with Gasteiger partial charge in [0.25, 0.3) is 5.91 Å². The first kappa shape index (κ1) is 15.5. The lowest BCUT2D eigenvalue weighted by molar-refractivity contribution is 0.102. The van der Waals surface area contributed by atoms with Gasteiger partial charge in [-0.25, -0.2) is 4.98 Å². The fourth-order valence-electron chi connectivity index (χ4n) is 1.77. The predicted octanol–water partition coefficient (Wildman–Crippen LogP) is 2.72. The molecule has 0 radical (unpaired) electrons. The first-order chi connectivity index (χ1) is 10.1. The summed E-state index contributed by atoms with van der Waals surface area (Å²) in [5.41, 5.74) is 0.477. The van der Waals surface area contributed by atoms with Crippen LogP contribution in [0.1, 0.15) is 29.1 Å².